The van der Waals surface area contributed by atoms with Gasteiger partial charge in [0, 0.05) is 18.0 Å². The van der Waals surface area contributed by atoms with Crippen LogP contribution in [0.4, 0.5) is 4.39 Å². The van der Waals surface area contributed by atoms with E-state index >= 15 is 0 Å². The Bertz CT molecular complexity index is 566. The van der Waals surface area contributed by atoms with E-state index in [2.05, 4.69) is 10.5 Å². The van der Waals surface area contributed by atoms with Crippen molar-refractivity contribution < 1.29 is 14.0 Å². The molecule has 1 aromatic rings. The van der Waals surface area contributed by atoms with E-state index in [1.807, 2.05) is 0 Å². The number of benzene rings is 1. The highest BCUT2D eigenvalue weighted by Gasteiger charge is 2.30. The minimum absolute atomic E-state index is 0.109. The molecule has 1 atom stereocenters. The molecule has 1 heterocycles. The second-order valence-corrected chi connectivity index (χ2v) is 6.04. The summed E-state index contributed by atoms with van der Waals surface area (Å²) in [5.74, 6) is -0.423. The van der Waals surface area contributed by atoms with Crippen molar-refractivity contribution in [3.8, 4) is 0 Å². The van der Waals surface area contributed by atoms with E-state index < -0.39 is 6.10 Å². The number of halogens is 1. The largest absolute Gasteiger partial charge is 0.382 e. The van der Waals surface area contributed by atoms with E-state index in [-0.39, 0.29) is 17.8 Å². The molecule has 22 heavy (non-hydrogen) atoms. The highest BCUT2D eigenvalue weighted by atomic mass is 19.1. The molecular formula is C17H21FN2O2. The van der Waals surface area contributed by atoms with Crippen LogP contribution >= 0.6 is 0 Å². The summed E-state index contributed by atoms with van der Waals surface area (Å²) in [6, 6.07) is 6.45. The number of carbonyl (C=O) groups is 1. The maximum Gasteiger partial charge on any atom is 0.264 e. The first kappa shape index (κ1) is 15.0. The predicted octanol–water partition coefficient (Wildman–Crippen LogP) is 3.16. The number of nitrogens with one attached hydrogen (secondary N) is 1. The molecule has 0 saturated heterocycles. The Hall–Kier alpha value is -1.91. The molecule has 1 saturated carbocycles. The molecule has 0 bridgehead atoms. The van der Waals surface area contributed by atoms with Gasteiger partial charge in [0.15, 0.2) is 0 Å². The summed E-state index contributed by atoms with van der Waals surface area (Å²) in [6.07, 6.45) is 6.71. The van der Waals surface area contributed by atoms with Gasteiger partial charge in [-0.3, -0.25) is 4.79 Å². The molecule has 0 radical (unpaired) electrons. The number of hydrogen-bond donors (Lipinski definition) is 1. The number of amides is 1. The first-order valence-corrected chi connectivity index (χ1v) is 8.01. The van der Waals surface area contributed by atoms with Crippen LogP contribution in [0.25, 0.3) is 0 Å². The number of nitrogens with zero attached hydrogens (tertiary/aromatic N) is 1. The van der Waals surface area contributed by atoms with Crippen LogP contribution < -0.4 is 5.32 Å². The van der Waals surface area contributed by atoms with E-state index in [1.54, 1.807) is 12.1 Å². The third-order valence-electron chi connectivity index (χ3n) is 4.32. The number of carbonyl (C=O) groups excluding carboxylic acids is 1. The maximum atomic E-state index is 13.2. The van der Waals surface area contributed by atoms with Gasteiger partial charge in [0.1, 0.15) is 5.82 Å². The Morgan fingerprint density at radius 3 is 2.73 bits per heavy atom. The summed E-state index contributed by atoms with van der Waals surface area (Å²) in [5.41, 5.74) is 1.30. The predicted molar refractivity (Wildman–Crippen MR) is 82.1 cm³/mol. The molecule has 0 aromatic heterocycles. The monoisotopic (exact) mass is 304 g/mol. The summed E-state index contributed by atoms with van der Waals surface area (Å²) >= 11 is 0. The van der Waals surface area contributed by atoms with Gasteiger partial charge in [0.05, 0.1) is 5.71 Å². The second-order valence-electron chi connectivity index (χ2n) is 6.04. The molecule has 0 spiro atoms. The second kappa shape index (κ2) is 6.90. The highest BCUT2D eigenvalue weighted by Crippen LogP contribution is 2.20. The van der Waals surface area contributed by atoms with E-state index in [0.29, 0.717) is 17.7 Å². The highest BCUT2D eigenvalue weighted by molar-refractivity contribution is 6.04. The Kier molecular flexibility index (Phi) is 4.71. The minimum atomic E-state index is -0.596. The van der Waals surface area contributed by atoms with Crippen molar-refractivity contribution in [3.05, 3.63) is 35.6 Å². The molecule has 2 aliphatic rings. The lowest BCUT2D eigenvalue weighted by Gasteiger charge is -2.18. The van der Waals surface area contributed by atoms with Gasteiger partial charge in [-0.1, -0.05) is 43.0 Å². The first-order valence-electron chi connectivity index (χ1n) is 8.01. The van der Waals surface area contributed by atoms with Crippen molar-refractivity contribution >= 4 is 11.6 Å². The van der Waals surface area contributed by atoms with Gasteiger partial charge >= 0.3 is 0 Å². The fraction of sp³-hybridized carbons (Fsp3) is 0.529. The van der Waals surface area contributed by atoms with Crippen LogP contribution in [0, 0.1) is 5.82 Å². The van der Waals surface area contributed by atoms with Gasteiger partial charge in [-0.25, -0.2) is 4.39 Å². The number of oxime groups is 1. The normalized spacial score (nSPS) is 22.6. The van der Waals surface area contributed by atoms with Crippen LogP contribution in [0.1, 0.15) is 50.5 Å². The Morgan fingerprint density at radius 1 is 1.23 bits per heavy atom. The van der Waals surface area contributed by atoms with Gasteiger partial charge in [-0.2, -0.15) is 0 Å². The Morgan fingerprint density at radius 2 is 2.00 bits per heavy atom. The molecule has 1 amide bonds. The summed E-state index contributed by atoms with van der Waals surface area (Å²) in [6.45, 7) is 0. The summed E-state index contributed by atoms with van der Waals surface area (Å²) in [5, 5.41) is 7.02. The third-order valence-corrected chi connectivity index (χ3v) is 4.32. The van der Waals surface area contributed by atoms with Crippen LogP contribution in [0.5, 0.6) is 0 Å². The van der Waals surface area contributed by atoms with Crippen molar-refractivity contribution in [2.24, 2.45) is 5.16 Å². The number of rotatable bonds is 3. The fourth-order valence-electron chi connectivity index (χ4n) is 3.07. The van der Waals surface area contributed by atoms with Crippen LogP contribution in [0.2, 0.25) is 0 Å². The molecule has 1 aliphatic carbocycles. The summed E-state index contributed by atoms with van der Waals surface area (Å²) in [4.78, 5) is 17.5. The maximum absolute atomic E-state index is 13.2. The molecule has 1 aliphatic heterocycles. The number of hydrogen-bond acceptors (Lipinski definition) is 3. The van der Waals surface area contributed by atoms with Crippen molar-refractivity contribution in [3.63, 3.8) is 0 Å². The first-order chi connectivity index (χ1) is 10.7. The van der Waals surface area contributed by atoms with Crippen LogP contribution in [0.3, 0.4) is 0 Å². The van der Waals surface area contributed by atoms with Crippen molar-refractivity contribution in [1.82, 2.24) is 5.32 Å². The quantitative estimate of drug-likeness (QED) is 0.872. The molecule has 1 unspecified atom stereocenters. The van der Waals surface area contributed by atoms with E-state index in [9.17, 15) is 9.18 Å². The standard InChI is InChI=1S/C17H21FN2O2/c18-13-7-5-6-12(10-13)15-11-16(22-20-15)17(21)19-14-8-3-1-2-4-9-14/h5-7,10,14,16H,1-4,8-9,11H2,(H,19,21). The smallest absolute Gasteiger partial charge is 0.264 e. The van der Waals surface area contributed by atoms with Gasteiger partial charge in [-0.05, 0) is 25.0 Å². The lowest BCUT2D eigenvalue weighted by molar-refractivity contribution is -0.132. The van der Waals surface area contributed by atoms with Crippen molar-refractivity contribution in [1.29, 1.82) is 0 Å². The summed E-state index contributed by atoms with van der Waals surface area (Å²) < 4.78 is 13.2. The van der Waals surface area contributed by atoms with Crippen LogP contribution in [-0.4, -0.2) is 23.8 Å². The average molecular weight is 304 g/mol. The minimum Gasteiger partial charge on any atom is -0.382 e. The molecule has 5 heteroatoms. The van der Waals surface area contributed by atoms with Gasteiger partial charge < -0.3 is 10.2 Å². The van der Waals surface area contributed by atoms with E-state index in [1.165, 1.54) is 37.8 Å². The molecule has 4 nitrogen and oxygen atoms in total. The molecule has 1 aromatic carbocycles. The zero-order chi connectivity index (χ0) is 15.4. The van der Waals surface area contributed by atoms with Crippen LogP contribution in [-0.2, 0) is 9.63 Å². The lowest BCUT2D eigenvalue weighted by atomic mass is 10.0. The SMILES string of the molecule is O=C(NC1CCCCCC1)C1CC(c2cccc(F)c2)=NO1. The molecular weight excluding hydrogens is 283 g/mol. The fourth-order valence-corrected chi connectivity index (χ4v) is 3.07. The molecule has 118 valence electrons. The summed E-state index contributed by atoms with van der Waals surface area (Å²) in [7, 11) is 0. The van der Waals surface area contributed by atoms with Crippen molar-refractivity contribution in [2.75, 3.05) is 0 Å². The van der Waals surface area contributed by atoms with Gasteiger partial charge in [0.25, 0.3) is 5.91 Å². The molecule has 1 N–H and O–H groups in total. The van der Waals surface area contributed by atoms with Crippen LogP contribution in [0.15, 0.2) is 29.4 Å². The third kappa shape index (κ3) is 3.64. The zero-order valence-electron chi connectivity index (χ0n) is 12.6. The lowest BCUT2D eigenvalue weighted by Crippen LogP contribution is -2.41. The Balaban J connectivity index is 1.55. The van der Waals surface area contributed by atoms with Gasteiger partial charge in [-0.15, -0.1) is 0 Å². The zero-order valence-corrected chi connectivity index (χ0v) is 12.6. The topological polar surface area (TPSA) is 50.7 Å². The molecule has 3 rings (SSSR count). The molecule has 1 fully saturated rings. The van der Waals surface area contributed by atoms with E-state index in [0.717, 1.165) is 12.8 Å². The Labute approximate surface area is 129 Å². The average Bonchev–Trinajstić information content (AvgIpc) is 2.87. The van der Waals surface area contributed by atoms with E-state index in [4.69, 9.17) is 4.84 Å². The van der Waals surface area contributed by atoms with Crippen molar-refractivity contribution in [2.45, 2.75) is 57.1 Å². The van der Waals surface area contributed by atoms with Gasteiger partial charge in [0.2, 0.25) is 6.10 Å².